The maximum Gasteiger partial charge on any atom is 0.399 e. The van der Waals surface area contributed by atoms with Crippen LogP contribution < -0.4 is 4.31 Å². The summed E-state index contributed by atoms with van der Waals surface area (Å²) in [6, 6.07) is 14.9. The Morgan fingerprint density at radius 2 is 1.61 bits per heavy atom. The van der Waals surface area contributed by atoms with Crippen LogP contribution in [-0.2, 0) is 26.8 Å². The van der Waals surface area contributed by atoms with E-state index < -0.39 is 28.8 Å². The Morgan fingerprint density at radius 1 is 0.970 bits per heavy atom. The van der Waals surface area contributed by atoms with E-state index in [0.29, 0.717) is 0 Å². The molecule has 0 aliphatic heterocycles. The van der Waals surface area contributed by atoms with Gasteiger partial charge in [0.2, 0.25) is 0 Å². The van der Waals surface area contributed by atoms with Crippen LogP contribution in [0.2, 0.25) is 10.0 Å². The van der Waals surface area contributed by atoms with E-state index >= 15 is 0 Å². The first kappa shape index (κ1) is 26.1. The zero-order valence-electron chi connectivity index (χ0n) is 16.4. The fourth-order valence-corrected chi connectivity index (χ4v) is 5.99. The lowest BCUT2D eigenvalue weighted by molar-refractivity contribution is 0.0557. The van der Waals surface area contributed by atoms with Crippen molar-refractivity contribution in [2.45, 2.75) is 17.1 Å². The molecule has 0 radical (unpaired) electrons. The molecule has 0 saturated carbocycles. The molecule has 2 N–H and O–H groups in total. The Morgan fingerprint density at radius 3 is 2.15 bits per heavy atom. The summed E-state index contributed by atoms with van der Waals surface area (Å²) in [6.07, 6.45) is 0. The van der Waals surface area contributed by atoms with Gasteiger partial charge in [0.15, 0.2) is 0 Å². The van der Waals surface area contributed by atoms with Crippen LogP contribution in [0.3, 0.4) is 0 Å². The number of sulfonamides is 1. The van der Waals surface area contributed by atoms with Gasteiger partial charge in [0.05, 0.1) is 27.2 Å². The topological polar surface area (TPSA) is 94.9 Å². The molecule has 176 valence electrons. The molecule has 0 saturated heterocycles. The van der Waals surface area contributed by atoms with Crippen LogP contribution in [0.25, 0.3) is 0 Å². The van der Waals surface area contributed by atoms with Crippen molar-refractivity contribution < 1.29 is 31.6 Å². The molecule has 0 aliphatic carbocycles. The van der Waals surface area contributed by atoms with Crippen LogP contribution >= 0.6 is 46.7 Å². The van der Waals surface area contributed by atoms with Gasteiger partial charge in [0.25, 0.3) is 10.0 Å². The molecule has 0 fully saturated rings. The van der Waals surface area contributed by atoms with E-state index in [1.165, 1.54) is 36.4 Å². The third-order valence-electron chi connectivity index (χ3n) is 4.57. The number of hydrogen-bond donors (Lipinski definition) is 2. The second kappa shape index (κ2) is 9.62. The summed E-state index contributed by atoms with van der Waals surface area (Å²) in [6.45, 7) is -0.296. The van der Waals surface area contributed by atoms with Gasteiger partial charge in [0, 0.05) is 10.0 Å². The summed E-state index contributed by atoms with van der Waals surface area (Å²) in [5.74, 6) is 0. The molecule has 0 heterocycles. The summed E-state index contributed by atoms with van der Waals surface area (Å²) < 4.78 is 67.0. The zero-order valence-corrected chi connectivity index (χ0v) is 21.2. The summed E-state index contributed by atoms with van der Waals surface area (Å²) in [7, 11) is -9.89. The van der Waals surface area contributed by atoms with Gasteiger partial charge < -0.3 is 9.79 Å². The highest BCUT2D eigenvalue weighted by atomic mass is 79.9. The molecule has 3 aromatic rings. The smallest absolute Gasteiger partial charge is 0.320 e. The first-order chi connectivity index (χ1) is 15.2. The number of hydrogen-bond acceptors (Lipinski definition) is 3. The monoisotopic (exact) mass is 599 g/mol. The number of alkyl halides is 2. The fraction of sp³-hybridized carbons (Fsp3) is 0.100. The first-order valence-electron chi connectivity index (χ1n) is 9.00. The van der Waals surface area contributed by atoms with Crippen LogP contribution in [0.1, 0.15) is 11.1 Å². The molecular formula is C20H15BrCl2F2NO5PS. The molecule has 3 rings (SSSR count). The van der Waals surface area contributed by atoms with Gasteiger partial charge in [-0.2, -0.15) is 8.78 Å². The lowest BCUT2D eigenvalue weighted by atomic mass is 10.1. The molecule has 0 amide bonds. The van der Waals surface area contributed by atoms with Crippen LogP contribution in [0.15, 0.2) is 76.1 Å². The minimum atomic E-state index is -5.78. The lowest BCUT2D eigenvalue weighted by Crippen LogP contribution is -2.30. The van der Waals surface area contributed by atoms with Crippen molar-refractivity contribution in [3.8, 4) is 0 Å². The van der Waals surface area contributed by atoms with Crippen molar-refractivity contribution in [2.75, 3.05) is 4.31 Å². The number of rotatable bonds is 7. The molecule has 0 aliphatic rings. The van der Waals surface area contributed by atoms with E-state index in [9.17, 15) is 21.8 Å². The summed E-state index contributed by atoms with van der Waals surface area (Å²) in [5.41, 5.74) is -4.91. The average molecular weight is 601 g/mol. The normalized spacial score (nSPS) is 12.6. The highest BCUT2D eigenvalue weighted by molar-refractivity contribution is 9.10. The number of halogens is 5. The van der Waals surface area contributed by atoms with Gasteiger partial charge in [-0.1, -0.05) is 69.5 Å². The van der Waals surface area contributed by atoms with Crippen molar-refractivity contribution in [1.82, 2.24) is 0 Å². The molecule has 0 aromatic heterocycles. The van der Waals surface area contributed by atoms with Crippen molar-refractivity contribution >= 4 is 62.4 Å². The number of nitrogens with zero attached hydrogens (tertiary/aromatic N) is 1. The van der Waals surface area contributed by atoms with Crippen molar-refractivity contribution in [1.29, 1.82) is 0 Å². The Balaban J connectivity index is 2.09. The van der Waals surface area contributed by atoms with E-state index in [1.807, 2.05) is 0 Å². The Kier molecular flexibility index (Phi) is 7.60. The second-order valence-electron chi connectivity index (χ2n) is 6.82. The molecule has 0 unspecified atom stereocenters. The van der Waals surface area contributed by atoms with E-state index in [2.05, 4.69) is 15.9 Å². The third-order valence-corrected chi connectivity index (χ3v) is 8.73. The first-order valence-corrected chi connectivity index (χ1v) is 13.6. The number of anilines is 1. The van der Waals surface area contributed by atoms with Gasteiger partial charge in [0.1, 0.15) is 0 Å². The Hall–Kier alpha value is -1.52. The van der Waals surface area contributed by atoms with E-state index in [4.69, 9.17) is 33.0 Å². The molecule has 0 spiro atoms. The summed E-state index contributed by atoms with van der Waals surface area (Å²) in [5, 5.41) is 0.324. The minimum absolute atomic E-state index is 0.0141. The fourth-order valence-electron chi connectivity index (χ4n) is 2.90. The predicted octanol–water partition coefficient (Wildman–Crippen LogP) is 6.38. The standard InChI is InChI=1S/C20H15BrCl2F2NO5PS/c21-17-10-13(6-8-16(17)20(24,25)32(27,28)29)12-26(14-7-9-18(22)19(23)11-14)33(30,31)15-4-2-1-3-5-15/h1-11H,12H2,(H2,27,28,29). The lowest BCUT2D eigenvalue weighted by Gasteiger charge is -2.26. The van der Waals surface area contributed by atoms with Crippen LogP contribution in [0, 0.1) is 0 Å². The second-order valence-corrected chi connectivity index (χ2v) is 12.0. The van der Waals surface area contributed by atoms with E-state index in [0.717, 1.165) is 16.4 Å². The van der Waals surface area contributed by atoms with Crippen molar-refractivity contribution in [3.05, 3.63) is 92.4 Å². The van der Waals surface area contributed by atoms with E-state index in [-0.39, 0.29) is 37.2 Å². The third kappa shape index (κ3) is 5.43. The van der Waals surface area contributed by atoms with Gasteiger partial charge in [-0.05, 0) is 42.0 Å². The van der Waals surface area contributed by atoms with E-state index in [1.54, 1.807) is 18.2 Å². The number of benzene rings is 3. The molecule has 13 heteroatoms. The van der Waals surface area contributed by atoms with Crippen molar-refractivity contribution in [3.63, 3.8) is 0 Å². The Labute approximate surface area is 207 Å². The molecule has 3 aromatic carbocycles. The maximum atomic E-state index is 14.1. The van der Waals surface area contributed by atoms with Crippen LogP contribution in [0.4, 0.5) is 14.5 Å². The van der Waals surface area contributed by atoms with Gasteiger partial charge >= 0.3 is 13.3 Å². The summed E-state index contributed by atoms with van der Waals surface area (Å²) >= 11 is 14.9. The van der Waals surface area contributed by atoms with Gasteiger partial charge in [-0.3, -0.25) is 8.87 Å². The molecule has 0 bridgehead atoms. The molecule has 6 nitrogen and oxygen atoms in total. The largest absolute Gasteiger partial charge is 0.399 e. The predicted molar refractivity (Wildman–Crippen MR) is 126 cm³/mol. The highest BCUT2D eigenvalue weighted by Gasteiger charge is 2.51. The average Bonchev–Trinajstić information content (AvgIpc) is 2.73. The van der Waals surface area contributed by atoms with Crippen molar-refractivity contribution in [2.24, 2.45) is 0 Å². The molecular weight excluding hydrogens is 586 g/mol. The SMILES string of the molecule is O=P(O)(O)C(F)(F)c1ccc(CN(c2ccc(Cl)c(Cl)c2)S(=O)(=O)c2ccccc2)cc1Br. The zero-order chi connectivity index (χ0) is 24.6. The quantitative estimate of drug-likeness (QED) is 0.307. The maximum absolute atomic E-state index is 14.1. The molecule has 33 heavy (non-hydrogen) atoms. The highest BCUT2D eigenvalue weighted by Crippen LogP contribution is 2.60. The summed E-state index contributed by atoms with van der Waals surface area (Å²) in [4.78, 5) is 18.0. The van der Waals surface area contributed by atoms with Crippen LogP contribution in [-0.4, -0.2) is 18.2 Å². The molecule has 0 atom stereocenters. The Bertz CT molecular complexity index is 1340. The minimum Gasteiger partial charge on any atom is -0.320 e. The van der Waals surface area contributed by atoms with Crippen LogP contribution in [0.5, 0.6) is 0 Å². The van der Waals surface area contributed by atoms with Gasteiger partial charge in [-0.15, -0.1) is 0 Å². The van der Waals surface area contributed by atoms with Gasteiger partial charge in [-0.25, -0.2) is 8.42 Å².